The average molecular weight is 202 g/mol. The Morgan fingerprint density at radius 1 is 1.20 bits per heavy atom. The largest absolute Gasteiger partial charge is 0.361 e. The van der Waals surface area contributed by atoms with E-state index in [1.54, 1.807) is 0 Å². The van der Waals surface area contributed by atoms with Crippen LogP contribution in [0.25, 0.3) is 5.53 Å². The van der Waals surface area contributed by atoms with Crippen molar-refractivity contribution < 1.29 is 4.79 Å². The molecule has 0 aromatic heterocycles. The molecule has 4 heteroatoms. The van der Waals surface area contributed by atoms with Crippen molar-refractivity contribution in [3.05, 3.63) is 35.4 Å². The molecule has 0 unspecified atom stereocenters. The third-order valence-electron chi connectivity index (χ3n) is 1.57. The molecule has 0 fully saturated rings. The second-order valence-corrected chi connectivity index (χ2v) is 4.21. The Balaban J connectivity index is 2.81. The molecule has 1 aromatic carbocycles. The number of benzene rings is 1. The Morgan fingerprint density at radius 2 is 1.80 bits per heavy atom. The number of nitrogens with zero attached hydrogens (tertiary/aromatic N) is 4. The summed E-state index contributed by atoms with van der Waals surface area (Å²) in [6, 6.07) is 7.28. The summed E-state index contributed by atoms with van der Waals surface area (Å²) in [5.74, 6) is 0. The van der Waals surface area contributed by atoms with E-state index in [0.717, 1.165) is 11.3 Å². The van der Waals surface area contributed by atoms with Crippen LogP contribution >= 0.6 is 0 Å². The van der Waals surface area contributed by atoms with Crippen LogP contribution in [0.1, 0.15) is 26.3 Å². The van der Waals surface area contributed by atoms with Crippen molar-refractivity contribution in [3.63, 3.8) is 0 Å². The summed E-state index contributed by atoms with van der Waals surface area (Å²) >= 11 is 0. The lowest BCUT2D eigenvalue weighted by Gasteiger charge is -2.08. The van der Waals surface area contributed by atoms with Gasteiger partial charge in [-0.25, -0.2) is 0 Å². The molecule has 0 heterocycles. The van der Waals surface area contributed by atoms with Crippen molar-refractivity contribution in [2.45, 2.75) is 26.3 Å². The highest BCUT2D eigenvalue weighted by Gasteiger charge is 2.06. The number of azo groups is 1. The summed E-state index contributed by atoms with van der Waals surface area (Å²) in [5, 5.41) is 8.24. The molecule has 0 spiro atoms. The highest BCUT2D eigenvalue weighted by molar-refractivity contribution is 5.75. The summed E-state index contributed by atoms with van der Waals surface area (Å²) in [6.45, 7) is 5.97. The van der Waals surface area contributed by atoms with Gasteiger partial charge < -0.3 is 5.53 Å². The van der Waals surface area contributed by atoms with Gasteiger partial charge in [-0.3, -0.25) is 0 Å². The summed E-state index contributed by atoms with van der Waals surface area (Å²) in [5.41, 5.74) is 9.78. The van der Waals surface area contributed by atoms with Crippen LogP contribution < -0.4 is 0 Å². The third kappa shape index (κ3) is 4.29. The van der Waals surface area contributed by atoms with Crippen LogP contribution in [0, 0.1) is 0 Å². The first-order valence-electron chi connectivity index (χ1n) is 4.72. The zero-order valence-corrected chi connectivity index (χ0v) is 9.18. The Bertz CT molecular complexity index is 392. The lowest BCUT2D eigenvalue weighted by Crippen LogP contribution is -2.07. The molecule has 0 saturated heterocycles. The van der Waals surface area contributed by atoms with Crippen molar-refractivity contribution in [2.75, 3.05) is 0 Å². The van der Waals surface area contributed by atoms with Crippen molar-refractivity contribution in [2.24, 2.45) is 10.2 Å². The van der Waals surface area contributed by atoms with E-state index in [-0.39, 0.29) is 5.54 Å². The monoisotopic (exact) mass is 202 g/mol. The topological polar surface area (TPSA) is 61.1 Å². The van der Waals surface area contributed by atoms with Crippen LogP contribution in [0.4, 0.5) is 5.69 Å². The lowest BCUT2D eigenvalue weighted by atomic mass is 10.1. The van der Waals surface area contributed by atoms with E-state index in [4.69, 9.17) is 5.53 Å². The molecule has 0 bridgehead atoms. The molecular weight excluding hydrogens is 188 g/mol. The predicted octanol–water partition coefficient (Wildman–Crippen LogP) is 3.22. The van der Waals surface area contributed by atoms with Crippen molar-refractivity contribution >= 4 is 11.9 Å². The Hall–Kier alpha value is -1.80. The van der Waals surface area contributed by atoms with Crippen LogP contribution in [-0.2, 0) is 0 Å². The van der Waals surface area contributed by atoms with E-state index in [1.807, 2.05) is 45.0 Å². The van der Waals surface area contributed by atoms with Crippen LogP contribution in [-0.4, -0.2) is 16.5 Å². The van der Waals surface area contributed by atoms with Crippen molar-refractivity contribution in [1.29, 1.82) is 0 Å². The fourth-order valence-corrected chi connectivity index (χ4v) is 0.901. The molecule has 4 nitrogen and oxygen atoms in total. The highest BCUT2D eigenvalue weighted by Crippen LogP contribution is 2.16. The van der Waals surface area contributed by atoms with Crippen LogP contribution in [0.3, 0.4) is 0 Å². The van der Waals surface area contributed by atoms with Gasteiger partial charge in [-0.15, -0.1) is 0 Å². The van der Waals surface area contributed by atoms with Gasteiger partial charge in [0.15, 0.2) is 0 Å². The minimum Gasteiger partial charge on any atom is -0.361 e. The lowest BCUT2D eigenvalue weighted by molar-refractivity contribution is 0.00456. The highest BCUT2D eigenvalue weighted by atomic mass is 15.1. The molecule has 0 N–H and O–H groups in total. The van der Waals surface area contributed by atoms with E-state index < -0.39 is 0 Å². The summed E-state index contributed by atoms with van der Waals surface area (Å²) in [6.07, 6.45) is 1.37. The van der Waals surface area contributed by atoms with Gasteiger partial charge in [0.05, 0.1) is 16.8 Å². The zero-order chi connectivity index (χ0) is 11.3. The van der Waals surface area contributed by atoms with E-state index >= 15 is 0 Å². The molecule has 15 heavy (non-hydrogen) atoms. The molecule has 1 rings (SSSR count). The summed E-state index contributed by atoms with van der Waals surface area (Å²) in [7, 11) is 0. The Labute approximate surface area is 89.3 Å². The van der Waals surface area contributed by atoms with Gasteiger partial charge in [0.1, 0.15) is 0 Å². The fraction of sp³-hybridized carbons (Fsp3) is 0.364. The Kier molecular flexibility index (Phi) is 3.47. The quantitative estimate of drug-likeness (QED) is 0.401. The van der Waals surface area contributed by atoms with Gasteiger partial charge in [-0.05, 0) is 45.0 Å². The van der Waals surface area contributed by atoms with Gasteiger partial charge in [0.25, 0.3) is 6.21 Å². The second-order valence-electron chi connectivity index (χ2n) is 4.21. The molecule has 0 aliphatic rings. The second kappa shape index (κ2) is 4.62. The van der Waals surface area contributed by atoms with E-state index in [2.05, 4.69) is 15.0 Å². The van der Waals surface area contributed by atoms with E-state index in [1.165, 1.54) is 6.21 Å². The van der Waals surface area contributed by atoms with Gasteiger partial charge in [-0.2, -0.15) is 15.0 Å². The number of hydrogen-bond donors (Lipinski definition) is 0. The first-order valence-corrected chi connectivity index (χ1v) is 4.72. The molecule has 0 aliphatic carbocycles. The number of hydrogen-bond acceptors (Lipinski definition) is 2. The standard InChI is InChI=1S/C11H14N4/c1-11(2,3)15-14-10-6-4-9(5-7-10)8-13-12/h4-8H,1-3H3. The first-order chi connectivity index (χ1) is 7.01. The van der Waals surface area contributed by atoms with Gasteiger partial charge in [0.2, 0.25) is 0 Å². The van der Waals surface area contributed by atoms with E-state index in [0.29, 0.717) is 0 Å². The van der Waals surface area contributed by atoms with Gasteiger partial charge in [0, 0.05) is 0 Å². The first kappa shape index (κ1) is 11.3. The van der Waals surface area contributed by atoms with Crippen molar-refractivity contribution in [1.82, 2.24) is 0 Å². The van der Waals surface area contributed by atoms with Gasteiger partial charge in [-0.1, -0.05) is 0 Å². The number of rotatable bonds is 2. The maximum Gasteiger partial charge on any atom is 0.287 e. The third-order valence-corrected chi connectivity index (χ3v) is 1.57. The molecule has 0 amide bonds. The van der Waals surface area contributed by atoms with Gasteiger partial charge >= 0.3 is 0 Å². The smallest absolute Gasteiger partial charge is 0.287 e. The molecule has 0 radical (unpaired) electrons. The maximum absolute atomic E-state index is 8.33. The SMILES string of the molecule is CC(C)(C)N=Nc1ccc(C=[N+]=[N-])cc1. The van der Waals surface area contributed by atoms with Crippen LogP contribution in [0.2, 0.25) is 0 Å². The minimum absolute atomic E-state index is 0.161. The molecule has 1 aromatic rings. The summed E-state index contributed by atoms with van der Waals surface area (Å²) < 4.78 is 0. The molecule has 0 atom stereocenters. The fourth-order valence-electron chi connectivity index (χ4n) is 0.901. The Morgan fingerprint density at radius 3 is 2.27 bits per heavy atom. The molecule has 78 valence electrons. The molecular formula is C11H14N4. The van der Waals surface area contributed by atoms with Crippen LogP contribution in [0.5, 0.6) is 0 Å². The molecule has 0 saturated carbocycles. The average Bonchev–Trinajstić information content (AvgIpc) is 2.16. The van der Waals surface area contributed by atoms with Crippen molar-refractivity contribution in [3.8, 4) is 0 Å². The van der Waals surface area contributed by atoms with E-state index in [9.17, 15) is 0 Å². The maximum atomic E-state index is 8.33. The predicted molar refractivity (Wildman–Crippen MR) is 59.5 cm³/mol. The normalized spacial score (nSPS) is 11.4. The zero-order valence-electron chi connectivity index (χ0n) is 9.18. The minimum atomic E-state index is -0.161. The van der Waals surface area contributed by atoms with Crippen LogP contribution in [0.15, 0.2) is 34.5 Å². The molecule has 0 aliphatic heterocycles. The summed E-state index contributed by atoms with van der Waals surface area (Å²) in [4.78, 5) is 2.94.